The summed E-state index contributed by atoms with van der Waals surface area (Å²) in [7, 11) is 0. The van der Waals surface area contributed by atoms with Crippen LogP contribution in [-0.4, -0.2) is 12.6 Å². The summed E-state index contributed by atoms with van der Waals surface area (Å²) in [6.45, 7) is 4.49. The molecule has 0 bridgehead atoms. The van der Waals surface area contributed by atoms with Gasteiger partial charge in [0.05, 0.1) is 6.61 Å². The maximum absolute atomic E-state index is 11.2. The Hall–Kier alpha value is -1.83. The zero-order chi connectivity index (χ0) is 19.1. The first-order valence-corrected chi connectivity index (χ1v) is 10.2. The summed E-state index contributed by atoms with van der Waals surface area (Å²) in [5.41, 5.74) is 0. The molecule has 0 aromatic carbocycles. The predicted molar refractivity (Wildman–Crippen MR) is 114 cm³/mol. The van der Waals surface area contributed by atoms with E-state index in [1.165, 1.54) is 0 Å². The molecule has 0 unspecified atom stereocenters. The molecule has 0 aliphatic carbocycles. The third-order valence-corrected chi connectivity index (χ3v) is 3.71. The molecule has 0 fully saturated rings. The average molecular weight is 359 g/mol. The molecule has 0 radical (unpaired) electrons. The highest BCUT2D eigenvalue weighted by atomic mass is 16.5. The largest absolute Gasteiger partial charge is 0.466 e. The maximum atomic E-state index is 11.2. The number of esters is 1. The molecule has 0 amide bonds. The summed E-state index contributed by atoms with van der Waals surface area (Å²) >= 11 is 0. The minimum Gasteiger partial charge on any atom is -0.466 e. The zero-order valence-electron chi connectivity index (χ0n) is 16.9. The van der Waals surface area contributed by atoms with E-state index in [2.05, 4.69) is 67.7 Å². The molecule has 0 aliphatic rings. The number of ether oxygens (including phenoxy) is 1. The van der Waals surface area contributed by atoms with Gasteiger partial charge < -0.3 is 4.74 Å². The van der Waals surface area contributed by atoms with Gasteiger partial charge >= 0.3 is 5.97 Å². The summed E-state index contributed by atoms with van der Waals surface area (Å²) in [5.74, 6) is -0.0672. The average Bonchev–Trinajstić information content (AvgIpc) is 2.64. The smallest absolute Gasteiger partial charge is 0.305 e. The topological polar surface area (TPSA) is 26.3 Å². The Morgan fingerprint density at radius 3 is 1.65 bits per heavy atom. The van der Waals surface area contributed by atoms with E-state index in [0.29, 0.717) is 13.0 Å². The van der Waals surface area contributed by atoms with Gasteiger partial charge in [-0.05, 0) is 58.3 Å². The lowest BCUT2D eigenvalue weighted by Crippen LogP contribution is -2.02. The van der Waals surface area contributed by atoms with Crippen LogP contribution in [0.2, 0.25) is 0 Å². The normalized spacial score (nSPS) is 12.5. The molecule has 0 saturated carbocycles. The number of hydrogen-bond acceptors (Lipinski definition) is 2. The van der Waals surface area contributed by atoms with E-state index in [-0.39, 0.29) is 5.97 Å². The number of carbonyl (C=O) groups is 1. The third kappa shape index (κ3) is 20.2. The van der Waals surface area contributed by atoms with Crippen LogP contribution in [0.4, 0.5) is 0 Å². The Morgan fingerprint density at radius 2 is 1.15 bits per heavy atom. The summed E-state index contributed by atoms with van der Waals surface area (Å²) in [6.07, 6.45) is 32.2. The molecule has 146 valence electrons. The second-order valence-electron chi connectivity index (χ2n) is 6.11. The van der Waals surface area contributed by atoms with Crippen LogP contribution >= 0.6 is 0 Å². The number of rotatable bonds is 16. The molecular formula is C24H38O2. The summed E-state index contributed by atoms with van der Waals surface area (Å²) in [6, 6.07) is 0. The van der Waals surface area contributed by atoms with E-state index in [4.69, 9.17) is 4.74 Å². The predicted octanol–water partition coefficient (Wildman–Crippen LogP) is 7.25. The lowest BCUT2D eigenvalue weighted by atomic mass is 10.1. The fraction of sp³-hybridized carbons (Fsp3) is 0.542. The monoisotopic (exact) mass is 358 g/mol. The molecule has 26 heavy (non-hydrogen) atoms. The summed E-state index contributed by atoms with van der Waals surface area (Å²) in [4.78, 5) is 11.2. The molecule has 2 nitrogen and oxygen atoms in total. The lowest BCUT2D eigenvalue weighted by Gasteiger charge is -2.00. The Morgan fingerprint density at radius 1 is 0.654 bits per heavy atom. The van der Waals surface area contributed by atoms with Gasteiger partial charge in [-0.3, -0.25) is 4.79 Å². The Labute approximate surface area is 161 Å². The number of unbranched alkanes of at least 4 members (excludes halogenated alkanes) is 3. The van der Waals surface area contributed by atoms with Crippen molar-refractivity contribution in [2.45, 2.75) is 78.1 Å². The van der Waals surface area contributed by atoms with Crippen molar-refractivity contribution in [1.29, 1.82) is 0 Å². The zero-order valence-corrected chi connectivity index (χ0v) is 16.9. The van der Waals surface area contributed by atoms with Crippen LogP contribution in [0.15, 0.2) is 60.8 Å². The van der Waals surface area contributed by atoms with Crippen LogP contribution in [-0.2, 0) is 9.53 Å². The number of carbonyl (C=O) groups excluding carboxylic acids is 1. The van der Waals surface area contributed by atoms with Crippen molar-refractivity contribution in [1.82, 2.24) is 0 Å². The van der Waals surface area contributed by atoms with Gasteiger partial charge in [-0.25, -0.2) is 0 Å². The summed E-state index contributed by atoms with van der Waals surface area (Å²) < 4.78 is 4.91. The summed E-state index contributed by atoms with van der Waals surface area (Å²) in [5, 5.41) is 0. The highest BCUT2D eigenvalue weighted by molar-refractivity contribution is 5.69. The molecule has 2 heteroatoms. The van der Waals surface area contributed by atoms with Crippen molar-refractivity contribution < 1.29 is 9.53 Å². The van der Waals surface area contributed by atoms with Gasteiger partial charge in [-0.2, -0.15) is 0 Å². The van der Waals surface area contributed by atoms with Crippen LogP contribution in [0, 0.1) is 0 Å². The molecule has 0 saturated heterocycles. The van der Waals surface area contributed by atoms with Gasteiger partial charge in [0.2, 0.25) is 0 Å². The fourth-order valence-corrected chi connectivity index (χ4v) is 2.31. The van der Waals surface area contributed by atoms with Crippen molar-refractivity contribution in [3.8, 4) is 0 Å². The van der Waals surface area contributed by atoms with E-state index >= 15 is 0 Å². The lowest BCUT2D eigenvalue weighted by molar-refractivity contribution is -0.143. The first kappa shape index (κ1) is 24.2. The Kier molecular flexibility index (Phi) is 19.7. The van der Waals surface area contributed by atoms with E-state index in [1.807, 2.05) is 6.92 Å². The number of allylic oxidation sites excluding steroid dienone is 10. The van der Waals surface area contributed by atoms with E-state index in [0.717, 1.165) is 57.8 Å². The molecule has 0 heterocycles. The molecule has 0 atom stereocenters. The third-order valence-electron chi connectivity index (χ3n) is 3.71. The second kappa shape index (κ2) is 21.2. The molecule has 0 spiro atoms. The van der Waals surface area contributed by atoms with E-state index in [1.54, 1.807) is 0 Å². The quantitative estimate of drug-likeness (QED) is 0.165. The van der Waals surface area contributed by atoms with Crippen molar-refractivity contribution in [3.05, 3.63) is 60.8 Å². The Bertz CT molecular complexity index is 453. The van der Waals surface area contributed by atoms with Crippen LogP contribution in [0.3, 0.4) is 0 Å². The van der Waals surface area contributed by atoms with E-state index < -0.39 is 0 Å². The minimum atomic E-state index is -0.0672. The van der Waals surface area contributed by atoms with Crippen LogP contribution in [0.25, 0.3) is 0 Å². The first-order chi connectivity index (χ1) is 12.8. The standard InChI is InChI=1S/C24H38O2/c1-3-5-6-7-8-9-10-11-12-13-14-15-16-17-18-19-20-21-22-23-24(25)26-4-2/h5-6,8-9,11-12,14-15,17-18H,3-4,7,10,13,16,19-23H2,1-2H3. The van der Waals surface area contributed by atoms with Crippen LogP contribution in [0.5, 0.6) is 0 Å². The number of hydrogen-bond donors (Lipinski definition) is 0. The van der Waals surface area contributed by atoms with Gasteiger partial charge in [0.15, 0.2) is 0 Å². The molecule has 0 aliphatic heterocycles. The van der Waals surface area contributed by atoms with Gasteiger partial charge in [0.25, 0.3) is 0 Å². The van der Waals surface area contributed by atoms with Crippen molar-refractivity contribution in [2.24, 2.45) is 0 Å². The highest BCUT2D eigenvalue weighted by Crippen LogP contribution is 2.05. The molecule has 0 rings (SSSR count). The minimum absolute atomic E-state index is 0.0672. The molecular weight excluding hydrogens is 320 g/mol. The van der Waals surface area contributed by atoms with Crippen molar-refractivity contribution >= 4 is 5.97 Å². The van der Waals surface area contributed by atoms with Gasteiger partial charge in [-0.1, -0.05) is 74.1 Å². The maximum Gasteiger partial charge on any atom is 0.305 e. The van der Waals surface area contributed by atoms with Gasteiger partial charge in [0, 0.05) is 6.42 Å². The fourth-order valence-electron chi connectivity index (χ4n) is 2.31. The second-order valence-corrected chi connectivity index (χ2v) is 6.11. The van der Waals surface area contributed by atoms with Crippen molar-refractivity contribution in [3.63, 3.8) is 0 Å². The van der Waals surface area contributed by atoms with Crippen molar-refractivity contribution in [2.75, 3.05) is 6.61 Å². The molecule has 0 aromatic heterocycles. The molecule has 0 aromatic rings. The molecule has 0 N–H and O–H groups in total. The SMILES string of the molecule is CCC=CCC=CCC=CCC=CCC=CCCCCCC(=O)OCC. The van der Waals surface area contributed by atoms with Crippen LogP contribution in [0.1, 0.15) is 78.1 Å². The van der Waals surface area contributed by atoms with E-state index in [9.17, 15) is 4.79 Å². The highest BCUT2D eigenvalue weighted by Gasteiger charge is 1.99. The van der Waals surface area contributed by atoms with Crippen LogP contribution < -0.4 is 0 Å². The Balaban J connectivity index is 3.43. The first-order valence-electron chi connectivity index (χ1n) is 10.2. The van der Waals surface area contributed by atoms with Gasteiger partial charge in [-0.15, -0.1) is 0 Å². The van der Waals surface area contributed by atoms with Gasteiger partial charge in [0.1, 0.15) is 0 Å².